The Balaban J connectivity index is 2.35. The molecule has 1 aromatic rings. The van der Waals surface area contributed by atoms with Gasteiger partial charge in [0.15, 0.2) is 0 Å². The first kappa shape index (κ1) is 12.3. The second-order valence-corrected chi connectivity index (χ2v) is 4.99. The van der Waals surface area contributed by atoms with Gasteiger partial charge in [0.2, 0.25) is 0 Å². The van der Waals surface area contributed by atoms with Gasteiger partial charge >= 0.3 is 5.97 Å². The van der Waals surface area contributed by atoms with E-state index in [0.717, 1.165) is 30.7 Å². The van der Waals surface area contributed by atoms with Crippen molar-refractivity contribution in [2.75, 3.05) is 26.7 Å². The smallest absolute Gasteiger partial charge is 0.335 e. The van der Waals surface area contributed by atoms with E-state index in [2.05, 4.69) is 17.9 Å². The van der Waals surface area contributed by atoms with E-state index < -0.39 is 0 Å². The van der Waals surface area contributed by atoms with E-state index in [-0.39, 0.29) is 5.97 Å². The maximum Gasteiger partial charge on any atom is 0.335 e. The van der Waals surface area contributed by atoms with Crippen molar-refractivity contribution in [2.24, 2.45) is 0 Å². The highest BCUT2D eigenvalue weighted by Crippen LogP contribution is 2.30. The number of esters is 1. The lowest BCUT2D eigenvalue weighted by molar-refractivity contribution is -0.136. The highest BCUT2D eigenvalue weighted by atomic mass is 32.1. The zero-order chi connectivity index (χ0) is 12.3. The van der Waals surface area contributed by atoms with Crippen LogP contribution in [0.3, 0.4) is 0 Å². The minimum Gasteiger partial charge on any atom is -0.466 e. The second kappa shape index (κ2) is 5.47. The molecular weight excluding hydrogens is 234 g/mol. The van der Waals surface area contributed by atoms with E-state index in [1.165, 1.54) is 12.0 Å². The van der Waals surface area contributed by atoms with E-state index in [1.54, 1.807) is 11.3 Å². The van der Waals surface area contributed by atoms with Crippen LogP contribution in [-0.4, -0.2) is 37.6 Å². The molecule has 0 spiro atoms. The van der Waals surface area contributed by atoms with Crippen LogP contribution >= 0.6 is 11.3 Å². The summed E-state index contributed by atoms with van der Waals surface area (Å²) in [6.45, 7) is 4.81. The molecule has 0 saturated heterocycles. The Morgan fingerprint density at radius 1 is 1.59 bits per heavy atom. The molecule has 0 unspecified atom stereocenters. The molecule has 3 nitrogen and oxygen atoms in total. The van der Waals surface area contributed by atoms with Gasteiger partial charge in [-0.3, -0.25) is 4.90 Å². The van der Waals surface area contributed by atoms with Crippen molar-refractivity contribution in [1.82, 2.24) is 4.90 Å². The summed E-state index contributed by atoms with van der Waals surface area (Å²) >= 11 is 1.69. The standard InChI is InChI=1S/C13H17NO2S/c1-3-14-7-6-10(12-5-4-8-17-12)11(9-14)13(15)16-2/h4-5,8H,3,6-7,9H2,1-2H3. The van der Waals surface area contributed by atoms with Gasteiger partial charge in [-0.25, -0.2) is 4.79 Å². The number of hydrogen-bond acceptors (Lipinski definition) is 4. The van der Waals surface area contributed by atoms with Crippen molar-refractivity contribution in [1.29, 1.82) is 0 Å². The Morgan fingerprint density at radius 2 is 2.41 bits per heavy atom. The summed E-state index contributed by atoms with van der Waals surface area (Å²) in [5, 5.41) is 2.05. The lowest BCUT2D eigenvalue weighted by Gasteiger charge is -2.28. The van der Waals surface area contributed by atoms with Crippen LogP contribution in [0.1, 0.15) is 18.2 Å². The van der Waals surface area contributed by atoms with E-state index in [4.69, 9.17) is 4.74 Å². The van der Waals surface area contributed by atoms with Crippen LogP contribution in [0.5, 0.6) is 0 Å². The lowest BCUT2D eigenvalue weighted by Crippen LogP contribution is -2.33. The molecule has 17 heavy (non-hydrogen) atoms. The fraction of sp³-hybridized carbons (Fsp3) is 0.462. The number of nitrogens with zero attached hydrogens (tertiary/aromatic N) is 1. The number of thiophene rings is 1. The van der Waals surface area contributed by atoms with Gasteiger partial charge in [0.1, 0.15) is 0 Å². The zero-order valence-electron chi connectivity index (χ0n) is 10.2. The van der Waals surface area contributed by atoms with E-state index >= 15 is 0 Å². The first-order valence-corrected chi connectivity index (χ1v) is 6.70. The number of carbonyl (C=O) groups excluding carboxylic acids is 1. The molecule has 0 amide bonds. The molecule has 0 saturated carbocycles. The minimum atomic E-state index is -0.188. The number of ether oxygens (including phenoxy) is 1. The van der Waals surface area contributed by atoms with Crippen LogP contribution in [0.2, 0.25) is 0 Å². The average Bonchev–Trinajstić information content (AvgIpc) is 2.90. The Hall–Kier alpha value is -1.13. The molecule has 1 aliphatic heterocycles. The fourth-order valence-electron chi connectivity index (χ4n) is 2.12. The molecule has 1 aromatic heterocycles. The van der Waals surface area contributed by atoms with Crippen molar-refractivity contribution in [3.63, 3.8) is 0 Å². The van der Waals surface area contributed by atoms with Crippen LogP contribution in [-0.2, 0) is 9.53 Å². The summed E-state index contributed by atoms with van der Waals surface area (Å²) in [5.41, 5.74) is 1.99. The average molecular weight is 251 g/mol. The third-order valence-electron chi connectivity index (χ3n) is 3.12. The number of hydrogen-bond donors (Lipinski definition) is 0. The van der Waals surface area contributed by atoms with Crippen LogP contribution < -0.4 is 0 Å². The number of likely N-dealkylation sites (N-methyl/N-ethyl adjacent to an activating group) is 1. The van der Waals surface area contributed by atoms with Gasteiger partial charge < -0.3 is 4.74 Å². The third kappa shape index (κ3) is 2.58. The molecule has 0 bridgehead atoms. The van der Waals surface area contributed by atoms with Gasteiger partial charge in [0, 0.05) is 18.0 Å². The summed E-state index contributed by atoms with van der Waals surface area (Å²) in [6, 6.07) is 4.10. The van der Waals surface area contributed by atoms with Gasteiger partial charge in [-0.2, -0.15) is 0 Å². The van der Waals surface area contributed by atoms with E-state index in [9.17, 15) is 4.79 Å². The quantitative estimate of drug-likeness (QED) is 0.773. The number of carbonyl (C=O) groups is 1. The zero-order valence-corrected chi connectivity index (χ0v) is 11.0. The van der Waals surface area contributed by atoms with E-state index in [0.29, 0.717) is 6.54 Å². The van der Waals surface area contributed by atoms with Crippen LogP contribution in [0.4, 0.5) is 0 Å². The molecule has 0 N–H and O–H groups in total. The van der Waals surface area contributed by atoms with Crippen molar-refractivity contribution in [3.05, 3.63) is 28.0 Å². The molecule has 0 atom stereocenters. The monoisotopic (exact) mass is 251 g/mol. The maximum absolute atomic E-state index is 11.8. The van der Waals surface area contributed by atoms with Gasteiger partial charge in [-0.15, -0.1) is 11.3 Å². The SMILES string of the molecule is CCN1CCC(c2cccs2)=C(C(=O)OC)C1. The van der Waals surface area contributed by atoms with Crippen LogP contribution in [0.25, 0.3) is 5.57 Å². The number of rotatable bonds is 3. The molecule has 92 valence electrons. The minimum absolute atomic E-state index is 0.188. The highest BCUT2D eigenvalue weighted by molar-refractivity contribution is 7.11. The predicted molar refractivity (Wildman–Crippen MR) is 70.0 cm³/mol. The molecule has 0 radical (unpaired) electrons. The van der Waals surface area contributed by atoms with Gasteiger partial charge in [0.25, 0.3) is 0 Å². The summed E-state index contributed by atoms with van der Waals surface area (Å²) in [7, 11) is 1.45. The largest absolute Gasteiger partial charge is 0.466 e. The molecule has 2 rings (SSSR count). The molecule has 0 aliphatic carbocycles. The third-order valence-corrected chi connectivity index (χ3v) is 4.05. The molecule has 1 aliphatic rings. The fourth-order valence-corrected chi connectivity index (χ4v) is 2.95. The van der Waals surface area contributed by atoms with Crippen LogP contribution in [0.15, 0.2) is 23.1 Å². The predicted octanol–water partition coefficient (Wildman–Crippen LogP) is 2.40. The number of methoxy groups -OCH3 is 1. The topological polar surface area (TPSA) is 29.5 Å². The first-order valence-electron chi connectivity index (χ1n) is 5.82. The molecular formula is C13H17NO2S. The summed E-state index contributed by atoms with van der Waals surface area (Å²) in [5.74, 6) is -0.188. The lowest BCUT2D eigenvalue weighted by atomic mass is 9.98. The van der Waals surface area contributed by atoms with Gasteiger partial charge in [-0.05, 0) is 30.0 Å². The molecule has 4 heteroatoms. The van der Waals surface area contributed by atoms with Crippen molar-refractivity contribution < 1.29 is 9.53 Å². The summed E-state index contributed by atoms with van der Waals surface area (Å²) in [4.78, 5) is 15.3. The Morgan fingerprint density at radius 3 is 3.00 bits per heavy atom. The van der Waals surface area contributed by atoms with Crippen molar-refractivity contribution in [2.45, 2.75) is 13.3 Å². The molecule has 2 heterocycles. The van der Waals surface area contributed by atoms with Crippen molar-refractivity contribution >= 4 is 22.9 Å². The maximum atomic E-state index is 11.8. The van der Waals surface area contributed by atoms with Gasteiger partial charge in [0.05, 0.1) is 12.7 Å². The molecule has 0 fully saturated rings. The van der Waals surface area contributed by atoms with Crippen molar-refractivity contribution in [3.8, 4) is 0 Å². The Labute approximate surface area is 106 Å². The Bertz CT molecular complexity index is 423. The van der Waals surface area contributed by atoms with E-state index in [1.807, 2.05) is 11.4 Å². The molecule has 0 aromatic carbocycles. The first-order chi connectivity index (χ1) is 8.26. The summed E-state index contributed by atoms with van der Waals surface area (Å²) < 4.78 is 4.89. The van der Waals surface area contributed by atoms with Gasteiger partial charge in [-0.1, -0.05) is 13.0 Å². The Kier molecular flexibility index (Phi) is 3.97. The second-order valence-electron chi connectivity index (χ2n) is 4.04. The summed E-state index contributed by atoms with van der Waals surface area (Å²) in [6.07, 6.45) is 0.929. The van der Waals surface area contributed by atoms with Crippen LogP contribution in [0, 0.1) is 0 Å². The normalized spacial score (nSPS) is 17.3. The highest BCUT2D eigenvalue weighted by Gasteiger charge is 2.24.